The molecule has 0 fully saturated rings. The fourth-order valence-electron chi connectivity index (χ4n) is 2.05. The van der Waals surface area contributed by atoms with E-state index >= 15 is 0 Å². The normalized spacial score (nSPS) is 12.4. The van der Waals surface area contributed by atoms with Crippen molar-refractivity contribution < 1.29 is 13.5 Å². The topological polar surface area (TPSA) is 21.3 Å². The van der Waals surface area contributed by atoms with Crippen molar-refractivity contribution in [3.63, 3.8) is 0 Å². The third-order valence-electron chi connectivity index (χ3n) is 2.94. The van der Waals surface area contributed by atoms with Crippen molar-refractivity contribution in [3.8, 4) is 5.75 Å². The van der Waals surface area contributed by atoms with Crippen LogP contribution in [0.2, 0.25) is 5.02 Å². The first-order chi connectivity index (χ1) is 9.61. The molecule has 5 heteroatoms. The standard InChI is InChI=1S/C15H14ClF2NO/c1-19-14(12-4-2-3-5-13(12)16)10-6-8-11(9-7-10)20-15(17)18/h2-9,14-15,19H,1H3. The molecule has 0 radical (unpaired) electrons. The molecule has 2 rings (SSSR count). The van der Waals surface area contributed by atoms with Crippen LogP contribution in [0, 0.1) is 0 Å². The van der Waals surface area contributed by atoms with Crippen LogP contribution in [0.25, 0.3) is 0 Å². The first kappa shape index (κ1) is 14.8. The number of benzene rings is 2. The van der Waals surface area contributed by atoms with Gasteiger partial charge in [0.25, 0.3) is 0 Å². The molecule has 0 aliphatic carbocycles. The monoisotopic (exact) mass is 297 g/mol. The fraction of sp³-hybridized carbons (Fsp3) is 0.200. The van der Waals surface area contributed by atoms with E-state index in [1.807, 2.05) is 31.3 Å². The fourth-order valence-corrected chi connectivity index (χ4v) is 2.30. The summed E-state index contributed by atoms with van der Waals surface area (Å²) in [6.07, 6.45) is 0. The highest BCUT2D eigenvalue weighted by Gasteiger charge is 2.15. The van der Waals surface area contributed by atoms with Crippen LogP contribution in [0.1, 0.15) is 17.2 Å². The minimum Gasteiger partial charge on any atom is -0.435 e. The minimum absolute atomic E-state index is 0.107. The average molecular weight is 298 g/mol. The van der Waals surface area contributed by atoms with Crippen LogP contribution in [0.5, 0.6) is 5.75 Å². The summed E-state index contributed by atoms with van der Waals surface area (Å²) in [6.45, 7) is -2.82. The Hall–Kier alpha value is -1.65. The molecule has 106 valence electrons. The van der Waals surface area contributed by atoms with E-state index in [0.29, 0.717) is 5.02 Å². The third kappa shape index (κ3) is 3.46. The Morgan fingerprint density at radius 1 is 1.05 bits per heavy atom. The maximum Gasteiger partial charge on any atom is 0.387 e. The third-order valence-corrected chi connectivity index (χ3v) is 3.29. The zero-order valence-corrected chi connectivity index (χ0v) is 11.6. The number of halogens is 3. The van der Waals surface area contributed by atoms with Crippen molar-refractivity contribution in [2.45, 2.75) is 12.7 Å². The molecule has 1 unspecified atom stereocenters. The lowest BCUT2D eigenvalue weighted by molar-refractivity contribution is -0.0498. The predicted molar refractivity (Wildman–Crippen MR) is 75.4 cm³/mol. The van der Waals surface area contributed by atoms with Gasteiger partial charge in [-0.3, -0.25) is 0 Å². The van der Waals surface area contributed by atoms with E-state index in [1.165, 1.54) is 12.1 Å². The van der Waals surface area contributed by atoms with E-state index in [2.05, 4.69) is 10.1 Å². The largest absolute Gasteiger partial charge is 0.435 e. The quantitative estimate of drug-likeness (QED) is 0.891. The van der Waals surface area contributed by atoms with Gasteiger partial charge >= 0.3 is 6.61 Å². The summed E-state index contributed by atoms with van der Waals surface area (Å²) in [5, 5.41) is 3.81. The van der Waals surface area contributed by atoms with Crippen molar-refractivity contribution >= 4 is 11.6 Å². The van der Waals surface area contributed by atoms with Gasteiger partial charge in [-0.15, -0.1) is 0 Å². The number of nitrogens with one attached hydrogen (secondary N) is 1. The molecule has 20 heavy (non-hydrogen) atoms. The summed E-state index contributed by atoms with van der Waals surface area (Å²) in [5.74, 6) is 0.137. The highest BCUT2D eigenvalue weighted by molar-refractivity contribution is 6.31. The molecule has 0 aliphatic heterocycles. The lowest BCUT2D eigenvalue weighted by Gasteiger charge is -2.19. The van der Waals surface area contributed by atoms with E-state index in [1.54, 1.807) is 12.1 Å². The van der Waals surface area contributed by atoms with Crippen LogP contribution in [-0.4, -0.2) is 13.7 Å². The second-order valence-electron chi connectivity index (χ2n) is 4.19. The van der Waals surface area contributed by atoms with E-state index in [0.717, 1.165) is 11.1 Å². The summed E-state index contributed by atoms with van der Waals surface area (Å²) in [7, 11) is 1.82. The Kier molecular flexibility index (Phi) is 4.93. The Morgan fingerprint density at radius 3 is 2.25 bits per heavy atom. The van der Waals surface area contributed by atoms with Crippen molar-refractivity contribution in [2.75, 3.05) is 7.05 Å². The van der Waals surface area contributed by atoms with Crippen LogP contribution in [0.4, 0.5) is 8.78 Å². The van der Waals surface area contributed by atoms with Gasteiger partial charge in [0.15, 0.2) is 0 Å². The first-order valence-electron chi connectivity index (χ1n) is 6.08. The zero-order chi connectivity index (χ0) is 14.5. The zero-order valence-electron chi connectivity index (χ0n) is 10.8. The number of hydrogen-bond donors (Lipinski definition) is 1. The Balaban J connectivity index is 2.26. The van der Waals surface area contributed by atoms with Crippen LogP contribution >= 0.6 is 11.6 Å². The maximum atomic E-state index is 12.1. The molecule has 0 bridgehead atoms. The lowest BCUT2D eigenvalue weighted by atomic mass is 9.99. The van der Waals surface area contributed by atoms with Gasteiger partial charge in [0, 0.05) is 5.02 Å². The number of alkyl halides is 2. The highest BCUT2D eigenvalue weighted by atomic mass is 35.5. The molecule has 1 atom stereocenters. The minimum atomic E-state index is -2.82. The van der Waals surface area contributed by atoms with Crippen LogP contribution in [0.15, 0.2) is 48.5 Å². The lowest BCUT2D eigenvalue weighted by Crippen LogP contribution is -2.18. The molecular weight excluding hydrogens is 284 g/mol. The van der Waals surface area contributed by atoms with Gasteiger partial charge in [-0.1, -0.05) is 41.9 Å². The first-order valence-corrected chi connectivity index (χ1v) is 6.46. The van der Waals surface area contributed by atoms with Crippen molar-refractivity contribution in [1.82, 2.24) is 5.32 Å². The molecule has 0 heterocycles. The van der Waals surface area contributed by atoms with Crippen molar-refractivity contribution in [1.29, 1.82) is 0 Å². The molecule has 0 spiro atoms. The molecule has 0 saturated carbocycles. The summed E-state index contributed by atoms with van der Waals surface area (Å²) in [4.78, 5) is 0. The molecule has 0 aromatic heterocycles. The van der Waals surface area contributed by atoms with Gasteiger partial charge in [0.1, 0.15) is 5.75 Å². The molecule has 0 saturated heterocycles. The smallest absolute Gasteiger partial charge is 0.387 e. The predicted octanol–water partition coefficient (Wildman–Crippen LogP) is 4.25. The summed E-state index contributed by atoms with van der Waals surface area (Å²) in [5.41, 5.74) is 1.85. The van der Waals surface area contributed by atoms with Crippen LogP contribution < -0.4 is 10.1 Å². The Labute approximate surface area is 121 Å². The Morgan fingerprint density at radius 2 is 1.70 bits per heavy atom. The summed E-state index contributed by atoms with van der Waals surface area (Å²) >= 11 is 6.18. The number of hydrogen-bond acceptors (Lipinski definition) is 2. The van der Waals surface area contributed by atoms with Gasteiger partial charge < -0.3 is 10.1 Å². The maximum absolute atomic E-state index is 12.1. The van der Waals surface area contributed by atoms with Gasteiger partial charge in [-0.25, -0.2) is 0 Å². The molecule has 0 amide bonds. The van der Waals surface area contributed by atoms with Gasteiger partial charge in [-0.2, -0.15) is 8.78 Å². The molecule has 2 nitrogen and oxygen atoms in total. The second kappa shape index (κ2) is 6.68. The van der Waals surface area contributed by atoms with E-state index in [9.17, 15) is 8.78 Å². The molecule has 1 N–H and O–H groups in total. The van der Waals surface area contributed by atoms with Gasteiger partial charge in [0.05, 0.1) is 6.04 Å². The van der Waals surface area contributed by atoms with E-state index in [-0.39, 0.29) is 11.8 Å². The highest BCUT2D eigenvalue weighted by Crippen LogP contribution is 2.29. The second-order valence-corrected chi connectivity index (χ2v) is 4.60. The van der Waals surface area contributed by atoms with Crippen molar-refractivity contribution in [3.05, 3.63) is 64.7 Å². The number of rotatable bonds is 5. The SMILES string of the molecule is CNC(c1ccc(OC(F)F)cc1)c1ccccc1Cl. The van der Waals surface area contributed by atoms with Gasteiger partial charge in [0.2, 0.25) is 0 Å². The summed E-state index contributed by atoms with van der Waals surface area (Å²) < 4.78 is 28.6. The molecular formula is C15H14ClF2NO. The molecule has 2 aromatic carbocycles. The molecule has 0 aliphatic rings. The Bertz CT molecular complexity index is 560. The average Bonchev–Trinajstić information content (AvgIpc) is 2.43. The van der Waals surface area contributed by atoms with Gasteiger partial charge in [-0.05, 0) is 36.4 Å². The molecule has 2 aromatic rings. The van der Waals surface area contributed by atoms with Crippen molar-refractivity contribution in [2.24, 2.45) is 0 Å². The van der Waals surface area contributed by atoms with E-state index in [4.69, 9.17) is 11.6 Å². The number of ether oxygens (including phenoxy) is 1. The summed E-state index contributed by atoms with van der Waals surface area (Å²) in [6, 6.07) is 13.9. The van der Waals surface area contributed by atoms with E-state index < -0.39 is 6.61 Å². The van der Waals surface area contributed by atoms with Crippen LogP contribution in [0.3, 0.4) is 0 Å². The van der Waals surface area contributed by atoms with Crippen LogP contribution in [-0.2, 0) is 0 Å².